The van der Waals surface area contributed by atoms with Crippen LogP contribution < -0.4 is 5.32 Å². The molecule has 0 bridgehead atoms. The van der Waals surface area contributed by atoms with Crippen LogP contribution in [0.3, 0.4) is 0 Å². The number of carbonyl (C=O) groups is 1. The van der Waals surface area contributed by atoms with Gasteiger partial charge in [0.25, 0.3) is 5.91 Å². The van der Waals surface area contributed by atoms with Gasteiger partial charge in [0.15, 0.2) is 0 Å². The predicted molar refractivity (Wildman–Crippen MR) is 108 cm³/mol. The molecule has 9 heteroatoms. The molecule has 3 rings (SSSR count). The van der Waals surface area contributed by atoms with E-state index in [4.69, 9.17) is 27.9 Å². The number of nitrogens with zero attached hydrogens (tertiary/aromatic N) is 1. The normalized spacial score (nSPS) is 16.5. The molecular formula is C19H20Cl2N2O4S. The standard InChI is InChI=1S/C19H20Cl2N2O4S/c1-13(14-2-4-15(20)5-3-14)22-19(24)17-12-16(6-7-18(17)21)28(25,26)23-8-10-27-11-9-23/h2-7,12-13H,8-11H2,1H3,(H,22,24). The molecule has 0 spiro atoms. The van der Waals surface area contributed by atoms with Gasteiger partial charge in [-0.3, -0.25) is 4.79 Å². The molecule has 1 heterocycles. The minimum Gasteiger partial charge on any atom is -0.379 e. The van der Waals surface area contributed by atoms with Gasteiger partial charge >= 0.3 is 0 Å². The van der Waals surface area contributed by atoms with Gasteiger partial charge in [-0.1, -0.05) is 35.3 Å². The molecule has 0 aromatic heterocycles. The average molecular weight is 443 g/mol. The molecular weight excluding hydrogens is 423 g/mol. The maximum atomic E-state index is 12.8. The Morgan fingerprint density at radius 3 is 2.39 bits per heavy atom. The van der Waals surface area contributed by atoms with E-state index in [9.17, 15) is 13.2 Å². The summed E-state index contributed by atoms with van der Waals surface area (Å²) in [7, 11) is -3.72. The number of amides is 1. The highest BCUT2D eigenvalue weighted by atomic mass is 35.5. The second kappa shape index (κ2) is 8.80. The van der Waals surface area contributed by atoms with Crippen LogP contribution in [0.4, 0.5) is 0 Å². The van der Waals surface area contributed by atoms with Crippen LogP contribution in [0, 0.1) is 0 Å². The summed E-state index contributed by atoms with van der Waals surface area (Å²) in [6.45, 7) is 3.07. The van der Waals surface area contributed by atoms with Crippen molar-refractivity contribution in [3.63, 3.8) is 0 Å². The molecule has 1 fully saturated rings. The van der Waals surface area contributed by atoms with Crippen molar-refractivity contribution in [2.75, 3.05) is 26.3 Å². The summed E-state index contributed by atoms with van der Waals surface area (Å²) in [4.78, 5) is 12.8. The van der Waals surface area contributed by atoms with Crippen molar-refractivity contribution in [2.24, 2.45) is 0 Å². The van der Waals surface area contributed by atoms with Crippen LogP contribution in [-0.2, 0) is 14.8 Å². The highest BCUT2D eigenvalue weighted by Crippen LogP contribution is 2.25. The van der Waals surface area contributed by atoms with E-state index in [0.29, 0.717) is 18.2 Å². The van der Waals surface area contributed by atoms with E-state index in [1.165, 1.54) is 22.5 Å². The third-order valence-corrected chi connectivity index (χ3v) is 6.98. The Hall–Kier alpha value is -1.64. The van der Waals surface area contributed by atoms with Crippen molar-refractivity contribution >= 4 is 39.1 Å². The molecule has 1 atom stereocenters. The van der Waals surface area contributed by atoms with Gasteiger partial charge in [0, 0.05) is 18.1 Å². The van der Waals surface area contributed by atoms with Gasteiger partial charge in [-0.15, -0.1) is 0 Å². The van der Waals surface area contributed by atoms with Crippen LogP contribution in [0.25, 0.3) is 0 Å². The summed E-state index contributed by atoms with van der Waals surface area (Å²) in [6, 6.07) is 11.0. The van der Waals surface area contributed by atoms with Crippen molar-refractivity contribution in [1.82, 2.24) is 9.62 Å². The topological polar surface area (TPSA) is 75.7 Å². The molecule has 2 aromatic carbocycles. The fourth-order valence-corrected chi connectivity index (χ4v) is 4.65. The Morgan fingerprint density at radius 1 is 1.11 bits per heavy atom. The monoisotopic (exact) mass is 442 g/mol. The maximum Gasteiger partial charge on any atom is 0.253 e. The fourth-order valence-electron chi connectivity index (χ4n) is 2.88. The van der Waals surface area contributed by atoms with Crippen LogP contribution in [-0.4, -0.2) is 44.9 Å². The summed E-state index contributed by atoms with van der Waals surface area (Å²) in [6.07, 6.45) is 0. The minimum atomic E-state index is -3.72. The van der Waals surface area contributed by atoms with E-state index >= 15 is 0 Å². The van der Waals surface area contributed by atoms with Crippen LogP contribution in [0.15, 0.2) is 47.4 Å². The minimum absolute atomic E-state index is 0.0306. The number of nitrogens with one attached hydrogen (secondary N) is 1. The Kier molecular flexibility index (Phi) is 6.62. The van der Waals surface area contributed by atoms with Gasteiger partial charge in [-0.05, 0) is 42.8 Å². The van der Waals surface area contributed by atoms with Gasteiger partial charge in [0.2, 0.25) is 10.0 Å². The Morgan fingerprint density at radius 2 is 1.75 bits per heavy atom. The molecule has 2 aromatic rings. The SMILES string of the molecule is CC(NC(=O)c1cc(S(=O)(=O)N2CCOCC2)ccc1Cl)c1ccc(Cl)cc1. The number of rotatable bonds is 5. The Balaban J connectivity index is 1.82. The molecule has 0 saturated carbocycles. The highest BCUT2D eigenvalue weighted by Gasteiger charge is 2.27. The molecule has 1 aliphatic rings. The van der Waals surface area contributed by atoms with Gasteiger partial charge in [-0.2, -0.15) is 4.31 Å². The summed E-state index contributed by atoms with van der Waals surface area (Å²) in [5.74, 6) is -0.452. The Labute approximate surface area is 174 Å². The van der Waals surface area contributed by atoms with E-state index in [0.717, 1.165) is 5.56 Å². The number of sulfonamides is 1. The zero-order valence-electron chi connectivity index (χ0n) is 15.2. The molecule has 1 unspecified atom stereocenters. The number of halogens is 2. The van der Waals surface area contributed by atoms with Gasteiger partial charge in [-0.25, -0.2) is 8.42 Å². The van der Waals surface area contributed by atoms with Crippen LogP contribution in [0.2, 0.25) is 10.0 Å². The summed E-state index contributed by atoms with van der Waals surface area (Å²) in [5, 5.41) is 3.62. The van der Waals surface area contributed by atoms with Crippen molar-refractivity contribution in [2.45, 2.75) is 17.9 Å². The van der Waals surface area contributed by atoms with Crippen LogP contribution in [0.1, 0.15) is 28.9 Å². The van der Waals surface area contributed by atoms with E-state index in [1.807, 2.05) is 19.1 Å². The van der Waals surface area contributed by atoms with E-state index in [1.54, 1.807) is 12.1 Å². The second-order valence-electron chi connectivity index (χ2n) is 6.40. The zero-order chi connectivity index (χ0) is 20.3. The molecule has 6 nitrogen and oxygen atoms in total. The molecule has 1 saturated heterocycles. The fraction of sp³-hybridized carbons (Fsp3) is 0.316. The number of benzene rings is 2. The van der Waals surface area contributed by atoms with Crippen molar-refractivity contribution in [1.29, 1.82) is 0 Å². The second-order valence-corrected chi connectivity index (χ2v) is 9.19. The smallest absolute Gasteiger partial charge is 0.253 e. The lowest BCUT2D eigenvalue weighted by Crippen LogP contribution is -2.40. The quantitative estimate of drug-likeness (QED) is 0.768. The molecule has 150 valence electrons. The number of hydrogen-bond acceptors (Lipinski definition) is 4. The van der Waals surface area contributed by atoms with Crippen molar-refractivity contribution < 1.29 is 17.9 Å². The van der Waals surface area contributed by atoms with Gasteiger partial charge in [0.05, 0.1) is 34.7 Å². The molecule has 1 aliphatic heterocycles. The number of carbonyl (C=O) groups excluding carboxylic acids is 1. The highest BCUT2D eigenvalue weighted by molar-refractivity contribution is 7.89. The van der Waals surface area contributed by atoms with Gasteiger partial charge in [0.1, 0.15) is 0 Å². The van der Waals surface area contributed by atoms with E-state index in [-0.39, 0.29) is 34.6 Å². The molecule has 1 amide bonds. The first-order valence-electron chi connectivity index (χ1n) is 8.73. The third kappa shape index (κ3) is 4.67. The Bertz CT molecular complexity index is 958. The summed E-state index contributed by atoms with van der Waals surface area (Å²) < 4.78 is 32.2. The van der Waals surface area contributed by atoms with Crippen LogP contribution >= 0.6 is 23.2 Å². The average Bonchev–Trinajstić information content (AvgIpc) is 2.69. The number of hydrogen-bond donors (Lipinski definition) is 1. The molecule has 0 aliphatic carbocycles. The lowest BCUT2D eigenvalue weighted by molar-refractivity contribution is 0.0730. The molecule has 1 N–H and O–H groups in total. The predicted octanol–water partition coefficient (Wildman–Crippen LogP) is 3.51. The van der Waals surface area contributed by atoms with E-state index in [2.05, 4.69) is 5.32 Å². The molecule has 0 radical (unpaired) electrons. The first-order valence-corrected chi connectivity index (χ1v) is 10.9. The first kappa shape index (κ1) is 21.1. The summed E-state index contributed by atoms with van der Waals surface area (Å²) >= 11 is 12.1. The first-order chi connectivity index (χ1) is 13.3. The van der Waals surface area contributed by atoms with Gasteiger partial charge < -0.3 is 10.1 Å². The third-order valence-electron chi connectivity index (χ3n) is 4.51. The molecule has 28 heavy (non-hydrogen) atoms. The zero-order valence-corrected chi connectivity index (χ0v) is 17.5. The largest absolute Gasteiger partial charge is 0.379 e. The lowest BCUT2D eigenvalue weighted by atomic mass is 10.1. The number of morpholine rings is 1. The lowest BCUT2D eigenvalue weighted by Gasteiger charge is -2.26. The summed E-state index contributed by atoms with van der Waals surface area (Å²) in [5.41, 5.74) is 0.975. The van der Waals surface area contributed by atoms with Crippen molar-refractivity contribution in [3.05, 3.63) is 63.6 Å². The van der Waals surface area contributed by atoms with E-state index < -0.39 is 15.9 Å². The number of ether oxygens (including phenoxy) is 1. The maximum absolute atomic E-state index is 12.8. The van der Waals surface area contributed by atoms with Crippen LogP contribution in [0.5, 0.6) is 0 Å². The van der Waals surface area contributed by atoms with Crippen molar-refractivity contribution in [3.8, 4) is 0 Å².